The molecule has 0 radical (unpaired) electrons. The number of carbonyl (C=O) groups is 2. The third kappa shape index (κ3) is 7.87. The van der Waals surface area contributed by atoms with E-state index in [0.29, 0.717) is 0 Å². The lowest BCUT2D eigenvalue weighted by Crippen LogP contribution is -2.06. The molecule has 0 aliphatic rings. The van der Waals surface area contributed by atoms with Crippen LogP contribution in [-0.4, -0.2) is 22.2 Å². The van der Waals surface area contributed by atoms with E-state index in [1.807, 2.05) is 13.8 Å². The summed E-state index contributed by atoms with van der Waals surface area (Å²) >= 11 is 0. The molecule has 0 spiro atoms. The Bertz CT molecular complexity index is 369. The maximum Gasteiger partial charge on any atom is 0.336 e. The van der Waals surface area contributed by atoms with Gasteiger partial charge in [-0.1, -0.05) is 24.3 Å². The Balaban J connectivity index is 0. The molecule has 0 fully saturated rings. The van der Waals surface area contributed by atoms with Crippen LogP contribution in [0.3, 0.4) is 0 Å². The molecule has 0 aromatic heterocycles. The summed E-state index contributed by atoms with van der Waals surface area (Å²) < 4.78 is 0. The third-order valence-electron chi connectivity index (χ3n) is 1.39. The molecule has 18 heavy (non-hydrogen) atoms. The van der Waals surface area contributed by atoms with E-state index in [9.17, 15) is 9.59 Å². The van der Waals surface area contributed by atoms with Crippen LogP contribution < -0.4 is 0 Å². The van der Waals surface area contributed by atoms with Gasteiger partial charge in [0.05, 0.1) is 11.1 Å². The summed E-state index contributed by atoms with van der Waals surface area (Å²) in [6.07, 6.45) is 3.50. The van der Waals surface area contributed by atoms with Crippen LogP contribution in [0.15, 0.2) is 49.6 Å². The molecule has 0 unspecified atom stereocenters. The molecule has 0 atom stereocenters. The van der Waals surface area contributed by atoms with Crippen LogP contribution in [0.2, 0.25) is 0 Å². The van der Waals surface area contributed by atoms with Gasteiger partial charge in [-0.25, -0.2) is 9.59 Å². The van der Waals surface area contributed by atoms with Crippen LogP contribution in [-0.2, 0) is 0 Å². The predicted octanol–water partition coefficient (Wildman–Crippen LogP) is 3.47. The van der Waals surface area contributed by atoms with Crippen LogP contribution in [0.5, 0.6) is 0 Å². The monoisotopic (exact) mass is 250 g/mol. The topological polar surface area (TPSA) is 74.6 Å². The summed E-state index contributed by atoms with van der Waals surface area (Å²) in [7, 11) is 0. The van der Waals surface area contributed by atoms with Crippen LogP contribution >= 0.6 is 0 Å². The Labute approximate surface area is 107 Å². The number of hydrogen-bond donors (Lipinski definition) is 2. The number of carboxylic acid groups (broad SMARTS) is 2. The zero-order chi connectivity index (χ0) is 14.6. The Kier molecular flexibility index (Phi) is 11.1. The third-order valence-corrected chi connectivity index (χ3v) is 1.39. The summed E-state index contributed by atoms with van der Waals surface area (Å²) in [6, 6.07) is 5.48. The van der Waals surface area contributed by atoms with Crippen LogP contribution in [0.25, 0.3) is 0 Å². The normalized spacial score (nSPS) is 7.67. The van der Waals surface area contributed by atoms with E-state index >= 15 is 0 Å². The number of hydrogen-bond acceptors (Lipinski definition) is 2. The van der Waals surface area contributed by atoms with Crippen molar-refractivity contribution in [3.63, 3.8) is 0 Å². The Morgan fingerprint density at radius 2 is 1.17 bits per heavy atom. The molecule has 0 heterocycles. The van der Waals surface area contributed by atoms with E-state index < -0.39 is 11.9 Å². The number of allylic oxidation sites excluding steroid dienone is 2. The Morgan fingerprint density at radius 1 is 0.944 bits per heavy atom. The molecule has 4 nitrogen and oxygen atoms in total. The van der Waals surface area contributed by atoms with Crippen LogP contribution in [0.1, 0.15) is 34.6 Å². The first-order chi connectivity index (χ1) is 8.45. The molecule has 0 amide bonds. The SMILES string of the molecule is C=CC.C=CC.O=C(O)c1ccccc1C(=O)O. The minimum Gasteiger partial charge on any atom is -0.478 e. The van der Waals surface area contributed by atoms with Gasteiger partial charge >= 0.3 is 11.9 Å². The highest BCUT2D eigenvalue weighted by molar-refractivity contribution is 6.01. The minimum atomic E-state index is -1.23. The van der Waals surface area contributed by atoms with E-state index in [4.69, 9.17) is 10.2 Å². The molecule has 0 aliphatic heterocycles. The number of benzene rings is 1. The Hall–Kier alpha value is -2.36. The van der Waals surface area contributed by atoms with Crippen LogP contribution in [0, 0.1) is 0 Å². The first-order valence-corrected chi connectivity index (χ1v) is 5.15. The van der Waals surface area contributed by atoms with Gasteiger partial charge in [-0.05, 0) is 26.0 Å². The van der Waals surface area contributed by atoms with Gasteiger partial charge in [0, 0.05) is 0 Å². The molecule has 0 saturated carbocycles. The standard InChI is InChI=1S/C8H6O4.2C3H6/c9-7(10)5-3-1-2-4-6(5)8(11)12;2*1-3-2/h1-4H,(H,9,10)(H,11,12);2*3H,1H2,2H3. The fraction of sp³-hybridized carbons (Fsp3) is 0.143. The highest BCUT2D eigenvalue weighted by atomic mass is 16.4. The van der Waals surface area contributed by atoms with Gasteiger partial charge in [0.1, 0.15) is 0 Å². The molecule has 1 rings (SSSR count). The van der Waals surface area contributed by atoms with E-state index in [1.165, 1.54) is 24.3 Å². The quantitative estimate of drug-likeness (QED) is 0.788. The zero-order valence-electron chi connectivity index (χ0n) is 10.6. The molecule has 0 aliphatic carbocycles. The fourth-order valence-corrected chi connectivity index (χ4v) is 0.856. The molecule has 2 N–H and O–H groups in total. The molecule has 1 aromatic carbocycles. The summed E-state index contributed by atoms with van der Waals surface area (Å²) in [5, 5.41) is 17.1. The van der Waals surface area contributed by atoms with E-state index in [-0.39, 0.29) is 11.1 Å². The lowest BCUT2D eigenvalue weighted by atomic mass is 10.1. The fourth-order valence-electron chi connectivity index (χ4n) is 0.856. The smallest absolute Gasteiger partial charge is 0.336 e. The van der Waals surface area contributed by atoms with Crippen molar-refractivity contribution < 1.29 is 19.8 Å². The highest BCUT2D eigenvalue weighted by Gasteiger charge is 2.13. The van der Waals surface area contributed by atoms with Gasteiger partial charge in [0.2, 0.25) is 0 Å². The van der Waals surface area contributed by atoms with E-state index in [0.717, 1.165) is 0 Å². The average Bonchev–Trinajstić information content (AvgIpc) is 2.31. The van der Waals surface area contributed by atoms with E-state index in [1.54, 1.807) is 12.2 Å². The van der Waals surface area contributed by atoms with Crippen LogP contribution in [0.4, 0.5) is 0 Å². The Morgan fingerprint density at radius 3 is 1.33 bits per heavy atom. The van der Waals surface area contributed by atoms with E-state index in [2.05, 4.69) is 13.2 Å². The minimum absolute atomic E-state index is 0.190. The number of carboxylic acids is 2. The van der Waals surface area contributed by atoms with Gasteiger partial charge in [-0.3, -0.25) is 0 Å². The lowest BCUT2D eigenvalue weighted by molar-refractivity contribution is 0.0651. The van der Waals surface area contributed by atoms with Crippen molar-refractivity contribution in [1.82, 2.24) is 0 Å². The summed E-state index contributed by atoms with van der Waals surface area (Å²) in [4.78, 5) is 20.9. The second-order valence-corrected chi connectivity index (χ2v) is 2.97. The molecule has 0 saturated heterocycles. The van der Waals surface area contributed by atoms with Crippen molar-refractivity contribution in [2.24, 2.45) is 0 Å². The summed E-state index contributed by atoms with van der Waals surface area (Å²) in [6.45, 7) is 10.5. The lowest BCUT2D eigenvalue weighted by Gasteiger charge is -1.98. The second kappa shape index (κ2) is 11.1. The first kappa shape index (κ1) is 18.0. The summed E-state index contributed by atoms with van der Waals surface area (Å²) in [5.41, 5.74) is -0.380. The molecular formula is C14H18O4. The first-order valence-electron chi connectivity index (χ1n) is 5.15. The largest absolute Gasteiger partial charge is 0.478 e. The van der Waals surface area contributed by atoms with Crippen molar-refractivity contribution in [3.8, 4) is 0 Å². The average molecular weight is 250 g/mol. The predicted molar refractivity (Wildman–Crippen MR) is 72.1 cm³/mol. The van der Waals surface area contributed by atoms with Gasteiger partial charge in [0.15, 0.2) is 0 Å². The summed E-state index contributed by atoms with van der Waals surface area (Å²) in [5.74, 6) is -2.46. The van der Waals surface area contributed by atoms with Crippen molar-refractivity contribution in [2.45, 2.75) is 13.8 Å². The molecule has 0 bridgehead atoms. The van der Waals surface area contributed by atoms with Gasteiger partial charge in [0.25, 0.3) is 0 Å². The second-order valence-electron chi connectivity index (χ2n) is 2.97. The van der Waals surface area contributed by atoms with Gasteiger partial charge in [-0.15, -0.1) is 13.2 Å². The van der Waals surface area contributed by atoms with Gasteiger partial charge < -0.3 is 10.2 Å². The molecule has 1 aromatic rings. The zero-order valence-corrected chi connectivity index (χ0v) is 10.6. The maximum atomic E-state index is 10.5. The number of aromatic carboxylic acids is 2. The number of rotatable bonds is 2. The van der Waals surface area contributed by atoms with Crippen molar-refractivity contribution >= 4 is 11.9 Å². The maximum absolute atomic E-state index is 10.5. The van der Waals surface area contributed by atoms with Gasteiger partial charge in [-0.2, -0.15) is 0 Å². The molecule has 4 heteroatoms. The van der Waals surface area contributed by atoms with Crippen molar-refractivity contribution in [3.05, 3.63) is 60.7 Å². The highest BCUT2D eigenvalue weighted by Crippen LogP contribution is 2.07. The molecular weight excluding hydrogens is 232 g/mol. The van der Waals surface area contributed by atoms with Crippen molar-refractivity contribution in [1.29, 1.82) is 0 Å². The van der Waals surface area contributed by atoms with Crippen molar-refractivity contribution in [2.75, 3.05) is 0 Å². The molecule has 98 valence electrons.